The van der Waals surface area contributed by atoms with Gasteiger partial charge in [-0.25, -0.2) is 29.1 Å². The highest BCUT2D eigenvalue weighted by atomic mass is 35.5. The van der Waals surface area contributed by atoms with Crippen molar-refractivity contribution in [3.8, 4) is 11.6 Å². The summed E-state index contributed by atoms with van der Waals surface area (Å²) in [7, 11) is 0. The van der Waals surface area contributed by atoms with Gasteiger partial charge in [-0.3, -0.25) is 9.59 Å². The summed E-state index contributed by atoms with van der Waals surface area (Å²) < 4.78 is 3.23. The molecule has 0 aliphatic heterocycles. The van der Waals surface area contributed by atoms with Crippen LogP contribution in [0.15, 0.2) is 56.6 Å². The first kappa shape index (κ1) is 30.6. The van der Waals surface area contributed by atoms with Crippen molar-refractivity contribution in [2.45, 2.75) is 61.7 Å². The molecule has 0 saturated carbocycles. The van der Waals surface area contributed by atoms with Gasteiger partial charge in [0.05, 0.1) is 20.8 Å². The van der Waals surface area contributed by atoms with E-state index >= 15 is 0 Å². The fourth-order valence-corrected chi connectivity index (χ4v) is 11.0. The summed E-state index contributed by atoms with van der Waals surface area (Å²) in [5.74, 6) is 2.21. The first-order chi connectivity index (χ1) is 22.5. The summed E-state index contributed by atoms with van der Waals surface area (Å²) in [5.41, 5.74) is 2.10. The van der Waals surface area contributed by atoms with Gasteiger partial charge in [0.1, 0.15) is 21.3 Å². The second-order valence-corrected chi connectivity index (χ2v) is 16.4. The van der Waals surface area contributed by atoms with Crippen LogP contribution in [0.1, 0.15) is 46.6 Å². The van der Waals surface area contributed by atoms with Crippen LogP contribution in [0.2, 0.25) is 10.0 Å². The Kier molecular flexibility index (Phi) is 8.45. The van der Waals surface area contributed by atoms with E-state index in [9.17, 15) is 9.59 Å². The van der Waals surface area contributed by atoms with E-state index in [1.807, 2.05) is 0 Å². The van der Waals surface area contributed by atoms with Crippen LogP contribution in [0.4, 0.5) is 0 Å². The van der Waals surface area contributed by atoms with Crippen LogP contribution < -0.4 is 11.1 Å². The molecule has 0 N–H and O–H groups in total. The maximum atomic E-state index is 14.1. The number of hydrogen-bond acceptors (Lipinski definition) is 10. The number of aromatic nitrogens is 6. The number of halogens is 2. The van der Waals surface area contributed by atoms with E-state index in [2.05, 4.69) is 9.97 Å². The molecule has 0 aromatic carbocycles. The van der Waals surface area contributed by atoms with Crippen LogP contribution in [-0.4, -0.2) is 40.6 Å². The topological polar surface area (TPSA) is 95.6 Å². The summed E-state index contributed by atoms with van der Waals surface area (Å²) in [5, 5.41) is 3.59. The van der Waals surface area contributed by atoms with Gasteiger partial charge in [0, 0.05) is 33.7 Å². The maximum absolute atomic E-state index is 14.1. The van der Waals surface area contributed by atoms with Crippen molar-refractivity contribution < 1.29 is 0 Å². The van der Waals surface area contributed by atoms with Crippen LogP contribution in [0.5, 0.6) is 0 Å². The Bertz CT molecular complexity index is 2080. The number of hydrogen-bond donors (Lipinski definition) is 0. The molecule has 6 aromatic heterocycles. The average Bonchev–Trinajstić information content (AvgIpc) is 3.63. The van der Waals surface area contributed by atoms with Crippen molar-refractivity contribution in [1.82, 2.24) is 29.1 Å². The Balaban J connectivity index is 1.14. The lowest BCUT2D eigenvalue weighted by Crippen LogP contribution is -2.23. The molecule has 6 aromatic rings. The molecule has 0 atom stereocenters. The summed E-state index contributed by atoms with van der Waals surface area (Å²) in [6.45, 7) is 0. The molecule has 234 valence electrons. The van der Waals surface area contributed by atoms with E-state index in [0.29, 0.717) is 54.3 Å². The van der Waals surface area contributed by atoms with Gasteiger partial charge in [-0.05, 0) is 86.8 Å². The molecule has 0 bridgehead atoms. The highest BCUT2D eigenvalue weighted by Gasteiger charge is 2.25. The van der Waals surface area contributed by atoms with E-state index in [0.717, 1.165) is 72.2 Å². The minimum absolute atomic E-state index is 0.0918. The fourth-order valence-electron chi connectivity index (χ4n) is 6.24. The molecule has 8 nitrogen and oxygen atoms in total. The van der Waals surface area contributed by atoms with Gasteiger partial charge in [0.2, 0.25) is 0 Å². The zero-order chi connectivity index (χ0) is 31.4. The molecule has 0 unspecified atom stereocenters. The number of thioether (sulfide) groups is 2. The molecule has 6 heterocycles. The van der Waals surface area contributed by atoms with Gasteiger partial charge in [0.15, 0.2) is 10.3 Å². The normalized spacial score (nSPS) is 14.6. The molecule has 0 spiro atoms. The smallest absolute Gasteiger partial charge is 0.268 e. The van der Waals surface area contributed by atoms with Crippen molar-refractivity contribution >= 4 is 89.8 Å². The summed E-state index contributed by atoms with van der Waals surface area (Å²) in [4.78, 5) is 51.2. The molecule has 8 rings (SSSR count). The monoisotopic (exact) mass is 724 g/mol. The largest absolute Gasteiger partial charge is 0.269 e. The van der Waals surface area contributed by atoms with Crippen molar-refractivity contribution in [1.29, 1.82) is 0 Å². The predicted octanol–water partition coefficient (Wildman–Crippen LogP) is 7.95. The Morgan fingerprint density at radius 3 is 1.50 bits per heavy atom. The molecule has 2 aliphatic carbocycles. The highest BCUT2D eigenvalue weighted by Crippen LogP contribution is 2.37. The molecule has 0 saturated heterocycles. The Labute approximate surface area is 290 Å². The fraction of sp³-hybridized carbons (Fsp3) is 0.312. The van der Waals surface area contributed by atoms with Crippen molar-refractivity contribution in [2.75, 3.05) is 11.5 Å². The van der Waals surface area contributed by atoms with E-state index in [-0.39, 0.29) is 11.1 Å². The summed E-state index contributed by atoms with van der Waals surface area (Å²) in [6, 6.07) is 6.99. The van der Waals surface area contributed by atoms with Gasteiger partial charge in [-0.2, -0.15) is 0 Å². The van der Waals surface area contributed by atoms with E-state index in [1.54, 1.807) is 68.5 Å². The lowest BCUT2D eigenvalue weighted by Gasteiger charge is -2.14. The summed E-state index contributed by atoms with van der Waals surface area (Å²) in [6.07, 6.45) is 11.3. The third-order valence-corrected chi connectivity index (χ3v) is 13.3. The quantitative estimate of drug-likeness (QED) is 0.0931. The minimum atomic E-state index is -0.0918. The van der Waals surface area contributed by atoms with Crippen molar-refractivity contribution in [3.63, 3.8) is 0 Å². The SMILES string of the molecule is O=c1c2c3c(sc2nc(SCCSc2nc4sc5c(c4c(=O)n2-c2ccc(Cl)cn2)CCCC5)n1-c1ccc(Cl)cn1)CCCC3. The van der Waals surface area contributed by atoms with Gasteiger partial charge < -0.3 is 0 Å². The van der Waals surface area contributed by atoms with Crippen LogP contribution in [0.25, 0.3) is 32.1 Å². The number of thiophene rings is 2. The second kappa shape index (κ2) is 12.7. The van der Waals surface area contributed by atoms with Crippen LogP contribution in [0, 0.1) is 0 Å². The Morgan fingerprint density at radius 2 is 1.09 bits per heavy atom. The van der Waals surface area contributed by atoms with E-state index < -0.39 is 0 Å². The number of nitrogens with zero attached hydrogens (tertiary/aromatic N) is 6. The zero-order valence-corrected chi connectivity index (χ0v) is 29.2. The molecular weight excluding hydrogens is 700 g/mol. The first-order valence-electron chi connectivity index (χ1n) is 15.1. The number of fused-ring (bicyclic) bond motifs is 6. The number of rotatable bonds is 7. The van der Waals surface area contributed by atoms with E-state index in [4.69, 9.17) is 33.2 Å². The van der Waals surface area contributed by atoms with Gasteiger partial charge >= 0.3 is 0 Å². The Morgan fingerprint density at radius 1 is 0.652 bits per heavy atom. The zero-order valence-electron chi connectivity index (χ0n) is 24.4. The van der Waals surface area contributed by atoms with Gasteiger partial charge in [-0.1, -0.05) is 46.7 Å². The average molecular weight is 726 g/mol. The minimum Gasteiger partial charge on any atom is -0.268 e. The van der Waals surface area contributed by atoms with Crippen molar-refractivity contribution in [3.05, 3.63) is 88.3 Å². The molecular formula is C32H26Cl2N6O2S4. The molecule has 0 radical (unpaired) electrons. The second-order valence-electron chi connectivity index (χ2n) is 11.2. The van der Waals surface area contributed by atoms with E-state index in [1.165, 1.54) is 33.3 Å². The number of pyridine rings is 2. The maximum Gasteiger partial charge on any atom is 0.269 e. The lowest BCUT2D eigenvalue weighted by atomic mass is 9.97. The van der Waals surface area contributed by atoms with Crippen LogP contribution in [0.3, 0.4) is 0 Å². The predicted molar refractivity (Wildman–Crippen MR) is 191 cm³/mol. The third-order valence-electron chi connectivity index (χ3n) is 8.34. The molecule has 0 amide bonds. The molecule has 14 heteroatoms. The third kappa shape index (κ3) is 5.50. The van der Waals surface area contributed by atoms with Gasteiger partial charge in [0.25, 0.3) is 11.1 Å². The van der Waals surface area contributed by atoms with Crippen LogP contribution in [-0.2, 0) is 25.7 Å². The number of aryl methyl sites for hydroxylation is 4. The first-order valence-corrected chi connectivity index (χ1v) is 19.5. The standard InChI is InChI=1S/C32H26Cl2N6O2S4/c33-17-9-11-23(35-15-17)39-29(41)25-19-5-1-3-7-21(19)45-27(25)37-31(39)43-13-14-44-32-38-28-26(20-6-2-4-8-22(20)46-28)30(42)40(32)24-12-10-18(34)16-36-24/h9-12,15-16H,1-8,13-14H2. The van der Waals surface area contributed by atoms with Gasteiger partial charge in [-0.15, -0.1) is 22.7 Å². The molecule has 2 aliphatic rings. The van der Waals surface area contributed by atoms with Crippen LogP contribution >= 0.6 is 69.4 Å². The molecule has 46 heavy (non-hydrogen) atoms. The summed E-state index contributed by atoms with van der Waals surface area (Å²) >= 11 is 18.5. The highest BCUT2D eigenvalue weighted by molar-refractivity contribution is 8.02. The molecule has 0 fully saturated rings. The Hall–Kier alpha value is -2.74. The lowest BCUT2D eigenvalue weighted by molar-refractivity contribution is 0.698. The van der Waals surface area contributed by atoms with Crippen molar-refractivity contribution in [2.24, 2.45) is 0 Å².